The first-order valence-corrected chi connectivity index (χ1v) is 29.1. The number of pyridine rings is 2. The lowest BCUT2D eigenvalue weighted by Gasteiger charge is -2.17. The van der Waals surface area contributed by atoms with Crippen molar-refractivity contribution in [3.05, 3.63) is 177 Å². The van der Waals surface area contributed by atoms with Gasteiger partial charge < -0.3 is 19.8 Å². The number of hydrogen-bond donors (Lipinski definition) is 2. The molecule has 2 aliphatic carbocycles. The summed E-state index contributed by atoms with van der Waals surface area (Å²) in [5, 5.41) is 29.7. The smallest absolute Gasteiger partial charge is 0.311 e. The van der Waals surface area contributed by atoms with Crippen molar-refractivity contribution in [2.24, 2.45) is 5.73 Å². The molecule has 20 nitrogen and oxygen atoms in total. The lowest BCUT2D eigenvalue weighted by Crippen LogP contribution is -2.14. The van der Waals surface area contributed by atoms with Crippen LogP contribution >= 0.6 is 35.1 Å². The van der Waals surface area contributed by atoms with Gasteiger partial charge in [-0.1, -0.05) is 50.3 Å². The maximum Gasteiger partial charge on any atom is 0.311 e. The molecule has 0 amide bonds. The molecule has 88 heavy (non-hydrogen) atoms. The van der Waals surface area contributed by atoms with Gasteiger partial charge in [-0.3, -0.25) is 29.0 Å². The second-order valence-electron chi connectivity index (χ2n) is 20.3. The second-order valence-corrected chi connectivity index (χ2v) is 22.2. The Kier molecular flexibility index (Phi) is 19.6. The van der Waals surface area contributed by atoms with Gasteiger partial charge in [-0.05, 0) is 85.6 Å². The van der Waals surface area contributed by atoms with E-state index in [1.165, 1.54) is 46.9 Å². The number of hydrogen-bond acceptors (Lipinski definition) is 17. The molecule has 446 valence electrons. The molecule has 0 spiro atoms. The van der Waals surface area contributed by atoms with Gasteiger partial charge in [0.2, 0.25) is 5.54 Å². The van der Waals surface area contributed by atoms with E-state index in [0.717, 1.165) is 82.3 Å². The molecular formula is C63H58ClF2N17O3S2. The van der Waals surface area contributed by atoms with Crippen LogP contribution in [-0.4, -0.2) is 90.8 Å². The van der Waals surface area contributed by atoms with Crippen LogP contribution in [-0.2, 0) is 35.3 Å². The van der Waals surface area contributed by atoms with Crippen LogP contribution < -0.4 is 15.5 Å². The van der Waals surface area contributed by atoms with E-state index in [2.05, 4.69) is 41.8 Å². The Morgan fingerprint density at radius 3 is 1.40 bits per heavy atom. The van der Waals surface area contributed by atoms with Gasteiger partial charge in [0, 0.05) is 112 Å². The summed E-state index contributed by atoms with van der Waals surface area (Å²) in [6.45, 7) is 20.0. The molecule has 0 saturated heterocycles. The van der Waals surface area contributed by atoms with Crippen LogP contribution in [0.3, 0.4) is 0 Å². The number of aryl methyl sites for hydroxylation is 2. The fraction of sp³-hybridized carbons (Fsp3) is 0.270. The number of nitrogens with two attached hydrogens (primary N) is 1. The Bertz CT molecular complexity index is 4370. The number of carboxylic acid groups (broad SMARTS) is 1. The lowest BCUT2D eigenvalue weighted by atomic mass is 10.1. The molecule has 8 aromatic heterocycles. The van der Waals surface area contributed by atoms with E-state index in [9.17, 15) is 28.9 Å². The zero-order valence-electron chi connectivity index (χ0n) is 49.4. The standard InChI is InChI=1S/C31H25FN8OS.C26H20FN7O2S.C4H6N2.C2H6.ClH/c1-4-24-29(39(3)30-38-28(25(15-33)42-30)19-5-8-22(32)9-6-19)40-18-20(7-10-27(40)37-24)21-16-35-26(36-17-21)13-23(41)14-31(34-2)11-12-31;1-3-19-25(33(2)26-32-24(20(11-28)37-26)15-4-7-18(27)8-5-15)34-14-16(6-9-22(34)31-19)17-12-29-21(30-13-17)10-23(35)36;1-6-4(5)2-3-4;1-2;/h5-10,16-18H,4,11-14H2,1,3H3;4-9,12-14H,3,10H2,1-2H3,(H,35,36);2-3,5H2;1-2H3;1H/i;;;1D;. The van der Waals surface area contributed by atoms with Gasteiger partial charge in [0.25, 0.3) is 5.66 Å². The first kappa shape index (κ1) is 62.6. The van der Waals surface area contributed by atoms with Crippen molar-refractivity contribution in [3.8, 4) is 56.9 Å². The summed E-state index contributed by atoms with van der Waals surface area (Å²) in [7, 11) is 3.76. The first-order chi connectivity index (χ1) is 42.4. The van der Waals surface area contributed by atoms with Gasteiger partial charge in [0.1, 0.15) is 91.7 Å². The molecule has 8 heterocycles. The van der Waals surface area contributed by atoms with Crippen molar-refractivity contribution in [2.75, 3.05) is 23.9 Å². The molecule has 2 aromatic carbocycles. The minimum atomic E-state index is -0.989. The van der Waals surface area contributed by atoms with Crippen molar-refractivity contribution in [2.45, 2.75) is 96.7 Å². The summed E-state index contributed by atoms with van der Waals surface area (Å²) in [6.07, 6.45) is 15.3. The fourth-order valence-electron chi connectivity index (χ4n) is 9.18. The highest BCUT2D eigenvalue weighted by atomic mass is 35.5. The number of nitrogens with zero attached hydrogens (tertiary/aromatic N) is 16. The molecular weight excluding hydrogens is 1180 g/mol. The van der Waals surface area contributed by atoms with E-state index < -0.39 is 17.2 Å². The zero-order valence-corrected chi connectivity index (χ0v) is 50.9. The molecule has 2 saturated carbocycles. The average molecular weight is 1240 g/mol. The van der Waals surface area contributed by atoms with Crippen molar-refractivity contribution in [1.29, 1.82) is 10.5 Å². The number of nitriles is 2. The normalized spacial score (nSPS) is 13.0. The number of ketones is 1. The Morgan fingerprint density at radius 2 is 1.07 bits per heavy atom. The molecule has 0 aliphatic heterocycles. The number of halogens is 3. The molecule has 25 heteroatoms. The summed E-state index contributed by atoms with van der Waals surface area (Å²) >= 11 is 2.51. The third-order valence-electron chi connectivity index (χ3n) is 14.2. The van der Waals surface area contributed by atoms with Crippen LogP contribution in [0.2, 0.25) is 0 Å². The van der Waals surface area contributed by atoms with Crippen molar-refractivity contribution < 1.29 is 24.8 Å². The largest absolute Gasteiger partial charge is 0.481 e. The monoisotopic (exact) mass is 1240 g/mol. The maximum atomic E-state index is 13.5. The molecule has 3 N–H and O–H groups in total. The molecule has 2 aliphatic rings. The SMILES string of the molecule is CCc1nc2ccc(-c3cnc(CC(=O)O)nc3)cn2c1N(C)c1nc(-c2ccc(F)cc2)c(C#N)s1.Cl.[2H]CC.[C-]#[N+]C1(CC(=O)Cc2ncc(-c3ccc4nc(CC)c(N(C)c5nc(-c6ccc(F)cc6)c(C#N)s5)n4c3)cn2)CC1.[C-]#[N+]C1(N)CC1. The number of carboxylic acids is 1. The maximum absolute atomic E-state index is 13.5. The summed E-state index contributed by atoms with van der Waals surface area (Å²) in [5.41, 5.74) is 13.1. The number of Topliss-reactive ketones (excluding diaryl/α,β-unsaturated/α-hetero) is 1. The van der Waals surface area contributed by atoms with Gasteiger partial charge in [0.15, 0.2) is 10.3 Å². The number of benzene rings is 2. The Morgan fingerprint density at radius 1 is 0.670 bits per heavy atom. The summed E-state index contributed by atoms with van der Waals surface area (Å²) in [6, 6.07) is 24.0. The zero-order chi connectivity index (χ0) is 62.9. The minimum absolute atomic E-state index is 0. The predicted octanol–water partition coefficient (Wildman–Crippen LogP) is 12.9. The third kappa shape index (κ3) is 14.3. The number of carbonyl (C=O) groups is 2. The van der Waals surface area contributed by atoms with E-state index in [-0.39, 0.29) is 54.9 Å². The minimum Gasteiger partial charge on any atom is -0.481 e. The number of aromatic nitrogens is 10. The van der Waals surface area contributed by atoms with Gasteiger partial charge in [0.05, 0.1) is 24.2 Å². The highest BCUT2D eigenvalue weighted by Gasteiger charge is 2.52. The number of rotatable bonds is 16. The molecule has 10 aromatic rings. The van der Waals surface area contributed by atoms with Crippen LogP contribution in [0.1, 0.15) is 93.9 Å². The Hall–Kier alpha value is -9.95. The lowest BCUT2D eigenvalue weighted by molar-refractivity contribution is -0.136. The van der Waals surface area contributed by atoms with Gasteiger partial charge in [-0.2, -0.15) is 10.5 Å². The first-order valence-electron chi connectivity index (χ1n) is 28.1. The molecule has 0 unspecified atom stereocenters. The van der Waals surface area contributed by atoms with Gasteiger partial charge >= 0.3 is 5.97 Å². The number of fused-ring (bicyclic) bond motifs is 2. The fourth-order valence-corrected chi connectivity index (χ4v) is 10.9. The van der Waals surface area contributed by atoms with Crippen LogP contribution in [0, 0.1) is 47.4 Å². The van der Waals surface area contributed by atoms with Crippen molar-refractivity contribution in [3.63, 3.8) is 0 Å². The van der Waals surface area contributed by atoms with E-state index in [1.807, 2.05) is 83.2 Å². The van der Waals surface area contributed by atoms with Gasteiger partial charge in [-0.15, -0.1) is 12.4 Å². The topological polar surface area (TPSA) is 255 Å². The summed E-state index contributed by atoms with van der Waals surface area (Å²) < 4.78 is 37.1. The quantitative estimate of drug-likeness (QED) is 0.0853. The van der Waals surface area contributed by atoms with Crippen LogP contribution in [0.25, 0.3) is 65.8 Å². The molecule has 0 radical (unpaired) electrons. The molecule has 12 rings (SSSR count). The predicted molar refractivity (Wildman–Crippen MR) is 336 cm³/mol. The molecule has 0 bridgehead atoms. The van der Waals surface area contributed by atoms with E-state index in [0.29, 0.717) is 68.1 Å². The molecule has 0 atom stereocenters. The highest BCUT2D eigenvalue weighted by Crippen LogP contribution is 2.44. The second kappa shape index (κ2) is 27.6. The van der Waals surface area contributed by atoms with Crippen LogP contribution in [0.15, 0.2) is 110 Å². The highest BCUT2D eigenvalue weighted by molar-refractivity contribution is 7.17. The average Bonchev–Trinajstić information content (AvgIpc) is 1.69. The summed E-state index contributed by atoms with van der Waals surface area (Å²) in [5.74, 6) is 0.582. The number of carbonyl (C=O) groups excluding carboxylic acids is 1. The Balaban J connectivity index is 0.000000201. The van der Waals surface area contributed by atoms with Crippen molar-refractivity contribution >= 4 is 80.0 Å². The van der Waals surface area contributed by atoms with E-state index in [1.54, 1.807) is 56.0 Å². The van der Waals surface area contributed by atoms with E-state index >= 15 is 0 Å². The number of anilines is 4. The van der Waals surface area contributed by atoms with Crippen LogP contribution in [0.5, 0.6) is 0 Å². The Labute approximate surface area is 521 Å². The van der Waals surface area contributed by atoms with Crippen LogP contribution in [0.4, 0.5) is 30.7 Å². The number of imidazole rings is 2. The number of thiazole rings is 2. The third-order valence-corrected chi connectivity index (χ3v) is 16.3. The molecule has 2 fully saturated rings. The van der Waals surface area contributed by atoms with Gasteiger partial charge in [-0.25, -0.2) is 61.8 Å². The summed E-state index contributed by atoms with van der Waals surface area (Å²) in [4.78, 5) is 71.1. The van der Waals surface area contributed by atoms with E-state index in [4.69, 9.17) is 45.3 Å². The number of aliphatic carboxylic acids is 1. The van der Waals surface area contributed by atoms with Crippen molar-refractivity contribution in [1.82, 2.24) is 48.7 Å².